The molecule has 1 atom stereocenters. The summed E-state index contributed by atoms with van der Waals surface area (Å²) >= 11 is 1.35. The van der Waals surface area contributed by atoms with Crippen molar-refractivity contribution in [3.63, 3.8) is 0 Å². The van der Waals surface area contributed by atoms with E-state index in [-0.39, 0.29) is 11.9 Å². The fraction of sp³-hybridized carbons (Fsp3) is 0.200. The maximum Gasteiger partial charge on any atom is 0.137 e. The average molecular weight is 277 g/mol. The van der Waals surface area contributed by atoms with Crippen LogP contribution in [0.25, 0.3) is 0 Å². The fourth-order valence-corrected chi connectivity index (χ4v) is 2.63. The number of nitrogens with two attached hydrogens (primary N) is 1. The number of para-hydroxylation sites is 1. The lowest BCUT2D eigenvalue weighted by molar-refractivity contribution is 0.405. The van der Waals surface area contributed by atoms with Gasteiger partial charge < -0.3 is 10.5 Å². The van der Waals surface area contributed by atoms with E-state index in [1.54, 1.807) is 13.2 Å². The Morgan fingerprint density at radius 1 is 1.16 bits per heavy atom. The summed E-state index contributed by atoms with van der Waals surface area (Å²) in [5.74, 6) is 0.480. The van der Waals surface area contributed by atoms with Crippen LogP contribution in [0.5, 0.6) is 5.75 Å². The summed E-state index contributed by atoms with van der Waals surface area (Å²) in [7, 11) is 1.61. The van der Waals surface area contributed by atoms with E-state index in [0.29, 0.717) is 4.90 Å². The van der Waals surface area contributed by atoms with Gasteiger partial charge in [-0.25, -0.2) is 4.39 Å². The zero-order chi connectivity index (χ0) is 13.8. The molecule has 0 aliphatic rings. The minimum absolute atomic E-state index is 0.167. The van der Waals surface area contributed by atoms with Crippen LogP contribution in [0.1, 0.15) is 18.5 Å². The van der Waals surface area contributed by atoms with Gasteiger partial charge in [-0.1, -0.05) is 30.0 Å². The lowest BCUT2D eigenvalue weighted by atomic mass is 10.1. The molecule has 0 spiro atoms. The second-order valence-corrected chi connectivity index (χ2v) is 5.32. The molecule has 2 aromatic carbocycles. The van der Waals surface area contributed by atoms with Crippen molar-refractivity contribution in [1.29, 1.82) is 0 Å². The molecule has 2 rings (SSSR count). The minimum atomic E-state index is -0.259. The number of hydrogen-bond acceptors (Lipinski definition) is 3. The van der Waals surface area contributed by atoms with Gasteiger partial charge in [-0.15, -0.1) is 0 Å². The molecule has 0 saturated carbocycles. The van der Waals surface area contributed by atoms with Crippen molar-refractivity contribution in [3.8, 4) is 5.75 Å². The molecule has 0 unspecified atom stereocenters. The van der Waals surface area contributed by atoms with Crippen LogP contribution in [0.4, 0.5) is 4.39 Å². The first-order valence-corrected chi connectivity index (χ1v) is 6.79. The quantitative estimate of drug-likeness (QED) is 0.917. The smallest absolute Gasteiger partial charge is 0.137 e. The van der Waals surface area contributed by atoms with E-state index in [1.165, 1.54) is 17.8 Å². The molecule has 0 bridgehead atoms. The van der Waals surface area contributed by atoms with Crippen LogP contribution in [0, 0.1) is 5.82 Å². The number of benzene rings is 2. The number of methoxy groups -OCH3 is 1. The van der Waals surface area contributed by atoms with Gasteiger partial charge in [-0.3, -0.25) is 0 Å². The van der Waals surface area contributed by atoms with Gasteiger partial charge >= 0.3 is 0 Å². The molecule has 0 saturated heterocycles. The Morgan fingerprint density at radius 2 is 1.89 bits per heavy atom. The molecule has 0 fully saturated rings. The standard InChI is InChI=1S/C15H16FNOS/c1-10(17)11-7-8-14(12(16)9-11)19-15-6-4-3-5-13(15)18-2/h3-10H,17H2,1-2H3/t10-/m1/s1. The van der Waals surface area contributed by atoms with Crippen LogP contribution in [-0.4, -0.2) is 7.11 Å². The van der Waals surface area contributed by atoms with Crippen LogP contribution in [0.3, 0.4) is 0 Å². The van der Waals surface area contributed by atoms with Gasteiger partial charge in [0.25, 0.3) is 0 Å². The van der Waals surface area contributed by atoms with Gasteiger partial charge in [0.2, 0.25) is 0 Å². The van der Waals surface area contributed by atoms with Gasteiger partial charge in [0.15, 0.2) is 0 Å². The van der Waals surface area contributed by atoms with E-state index in [4.69, 9.17) is 10.5 Å². The SMILES string of the molecule is COc1ccccc1Sc1ccc([C@@H](C)N)cc1F. The lowest BCUT2D eigenvalue weighted by Crippen LogP contribution is -2.05. The minimum Gasteiger partial charge on any atom is -0.496 e. The molecule has 4 heteroatoms. The lowest BCUT2D eigenvalue weighted by Gasteiger charge is -2.10. The summed E-state index contributed by atoms with van der Waals surface area (Å²) in [6, 6.07) is 12.5. The average Bonchev–Trinajstić information content (AvgIpc) is 2.41. The van der Waals surface area contributed by atoms with Gasteiger partial charge in [0.1, 0.15) is 11.6 Å². The third kappa shape index (κ3) is 3.28. The van der Waals surface area contributed by atoms with Gasteiger partial charge in [0.05, 0.1) is 12.0 Å². The van der Waals surface area contributed by atoms with Crippen LogP contribution in [-0.2, 0) is 0 Å². The van der Waals surface area contributed by atoms with E-state index in [9.17, 15) is 4.39 Å². The molecule has 100 valence electrons. The summed E-state index contributed by atoms with van der Waals surface area (Å²) in [5.41, 5.74) is 6.53. The van der Waals surface area contributed by atoms with E-state index in [2.05, 4.69) is 0 Å². The Bertz CT molecular complexity index is 572. The summed E-state index contributed by atoms with van der Waals surface area (Å²) in [6.07, 6.45) is 0. The van der Waals surface area contributed by atoms with Crippen molar-refractivity contribution in [1.82, 2.24) is 0 Å². The first-order valence-electron chi connectivity index (χ1n) is 5.97. The Kier molecular flexibility index (Phi) is 4.45. The Hall–Kier alpha value is -1.52. The highest BCUT2D eigenvalue weighted by Gasteiger charge is 2.10. The zero-order valence-electron chi connectivity index (χ0n) is 10.9. The van der Waals surface area contributed by atoms with Crippen LogP contribution < -0.4 is 10.5 Å². The van der Waals surface area contributed by atoms with Crippen molar-refractivity contribution in [3.05, 3.63) is 53.8 Å². The second kappa shape index (κ2) is 6.08. The molecule has 0 radical (unpaired) electrons. The third-order valence-corrected chi connectivity index (χ3v) is 3.88. The van der Waals surface area contributed by atoms with E-state index in [0.717, 1.165) is 16.2 Å². The second-order valence-electron chi connectivity index (χ2n) is 4.23. The number of hydrogen-bond donors (Lipinski definition) is 1. The molecule has 19 heavy (non-hydrogen) atoms. The predicted octanol–water partition coefficient (Wildman–Crippen LogP) is 4.01. The summed E-state index contributed by atoms with van der Waals surface area (Å²) < 4.78 is 19.3. The summed E-state index contributed by atoms with van der Waals surface area (Å²) in [6.45, 7) is 1.84. The van der Waals surface area contributed by atoms with E-state index in [1.807, 2.05) is 37.3 Å². The number of ether oxygens (including phenoxy) is 1. The molecule has 2 nitrogen and oxygen atoms in total. The topological polar surface area (TPSA) is 35.2 Å². The van der Waals surface area contributed by atoms with Gasteiger partial charge in [-0.2, -0.15) is 0 Å². The largest absolute Gasteiger partial charge is 0.496 e. The van der Waals surface area contributed by atoms with Gasteiger partial charge in [-0.05, 0) is 36.8 Å². The monoisotopic (exact) mass is 277 g/mol. The molecule has 0 amide bonds. The third-order valence-electron chi connectivity index (χ3n) is 2.77. The first kappa shape index (κ1) is 13.9. The molecule has 0 aliphatic carbocycles. The first-order chi connectivity index (χ1) is 9.11. The fourth-order valence-electron chi connectivity index (χ4n) is 1.70. The van der Waals surface area contributed by atoms with E-state index < -0.39 is 0 Å². The van der Waals surface area contributed by atoms with Crippen LogP contribution in [0.15, 0.2) is 52.3 Å². The van der Waals surface area contributed by atoms with Crippen LogP contribution >= 0.6 is 11.8 Å². The summed E-state index contributed by atoms with van der Waals surface area (Å²) in [5, 5.41) is 0. The molecule has 2 N–H and O–H groups in total. The van der Waals surface area contributed by atoms with Crippen molar-refractivity contribution >= 4 is 11.8 Å². The molecular weight excluding hydrogens is 261 g/mol. The van der Waals surface area contributed by atoms with Gasteiger partial charge in [0, 0.05) is 10.9 Å². The Morgan fingerprint density at radius 3 is 2.53 bits per heavy atom. The van der Waals surface area contributed by atoms with Crippen molar-refractivity contribution < 1.29 is 9.13 Å². The normalized spacial score (nSPS) is 12.2. The van der Waals surface area contributed by atoms with Crippen molar-refractivity contribution in [2.75, 3.05) is 7.11 Å². The molecule has 2 aromatic rings. The maximum absolute atomic E-state index is 14.0. The highest BCUT2D eigenvalue weighted by atomic mass is 32.2. The predicted molar refractivity (Wildman–Crippen MR) is 76.1 cm³/mol. The highest BCUT2D eigenvalue weighted by molar-refractivity contribution is 7.99. The number of rotatable bonds is 4. The Balaban J connectivity index is 2.28. The summed E-state index contributed by atoms with van der Waals surface area (Å²) in [4.78, 5) is 1.45. The molecule has 0 aromatic heterocycles. The van der Waals surface area contributed by atoms with Crippen LogP contribution in [0.2, 0.25) is 0 Å². The number of halogens is 1. The van der Waals surface area contributed by atoms with Crippen molar-refractivity contribution in [2.24, 2.45) is 5.73 Å². The zero-order valence-corrected chi connectivity index (χ0v) is 11.7. The van der Waals surface area contributed by atoms with Crippen molar-refractivity contribution in [2.45, 2.75) is 22.8 Å². The maximum atomic E-state index is 14.0. The highest BCUT2D eigenvalue weighted by Crippen LogP contribution is 2.36. The van der Waals surface area contributed by atoms with E-state index >= 15 is 0 Å². The molecule has 0 heterocycles. The molecule has 0 aliphatic heterocycles. The molecular formula is C15H16FNOS. The Labute approximate surface area is 116 Å².